The summed E-state index contributed by atoms with van der Waals surface area (Å²) in [6.45, 7) is 1.46. The average molecular weight is 195 g/mol. The molecule has 13 heavy (non-hydrogen) atoms. The highest BCUT2D eigenvalue weighted by Crippen LogP contribution is 2.02. The Morgan fingerprint density at radius 2 is 1.62 bits per heavy atom. The minimum absolute atomic E-state index is 0.417. The van der Waals surface area contributed by atoms with Gasteiger partial charge in [0, 0.05) is 0 Å². The second-order valence-corrected chi connectivity index (χ2v) is 2.73. The van der Waals surface area contributed by atoms with Gasteiger partial charge in [-0.15, -0.1) is 0 Å². The molecule has 0 aromatic heterocycles. The van der Waals surface area contributed by atoms with Crippen LogP contribution in [0.2, 0.25) is 0 Å². The lowest BCUT2D eigenvalue weighted by Crippen LogP contribution is -2.51. The van der Waals surface area contributed by atoms with Crippen molar-refractivity contribution in [2.45, 2.75) is 31.5 Å². The molecule has 0 radical (unpaired) electrons. The summed E-state index contributed by atoms with van der Waals surface area (Å²) in [5.41, 5.74) is 0. The fourth-order valence-electron chi connectivity index (χ4n) is 0.852. The zero-order valence-electron chi connectivity index (χ0n) is 7.46. The molecule has 6 nitrogen and oxygen atoms in total. The van der Waals surface area contributed by atoms with E-state index < -0.39 is 31.1 Å². The largest absolute Gasteiger partial charge is 0.394 e. The molecular weight excluding hydrogens is 178 g/mol. The van der Waals surface area contributed by atoms with Crippen molar-refractivity contribution in [2.75, 3.05) is 13.2 Å². The lowest BCUT2D eigenvalue weighted by molar-refractivity contribution is -0.121. The molecule has 0 rings (SSSR count). The molecule has 0 aromatic carbocycles. The number of aliphatic hydroxyl groups excluding tert-OH is 5. The topological polar surface area (TPSA) is 113 Å². The molecule has 0 bridgehead atoms. The van der Waals surface area contributed by atoms with Gasteiger partial charge in [0.1, 0.15) is 24.5 Å². The number of nitrogens with one attached hydrogen (secondary N) is 1. The molecule has 0 fully saturated rings. The molecule has 4 atom stereocenters. The van der Waals surface area contributed by atoms with Crippen LogP contribution in [0.3, 0.4) is 0 Å². The number of likely N-dealkylation sites (N-methyl/N-ethyl adjacent to an activating group) is 1. The lowest BCUT2D eigenvalue weighted by atomic mass is 10.1. The molecule has 0 aliphatic heterocycles. The Balaban J connectivity index is 3.99. The van der Waals surface area contributed by atoms with Crippen molar-refractivity contribution < 1.29 is 25.5 Å². The third-order valence-corrected chi connectivity index (χ3v) is 1.67. The second kappa shape index (κ2) is 6.25. The molecule has 6 heteroatoms. The molecule has 80 valence electrons. The van der Waals surface area contributed by atoms with E-state index in [4.69, 9.17) is 20.4 Å². The molecule has 0 saturated heterocycles. The smallest absolute Gasteiger partial charge is 0.133 e. The van der Waals surface area contributed by atoms with Gasteiger partial charge in [0.05, 0.1) is 6.61 Å². The van der Waals surface area contributed by atoms with Crippen molar-refractivity contribution in [3.8, 4) is 0 Å². The van der Waals surface area contributed by atoms with Crippen LogP contribution in [-0.2, 0) is 0 Å². The summed E-state index contributed by atoms with van der Waals surface area (Å²) >= 11 is 0. The van der Waals surface area contributed by atoms with E-state index >= 15 is 0 Å². The third kappa shape index (κ3) is 3.99. The van der Waals surface area contributed by atoms with Crippen molar-refractivity contribution in [2.24, 2.45) is 0 Å². The zero-order valence-corrected chi connectivity index (χ0v) is 7.46. The molecule has 6 N–H and O–H groups in total. The van der Waals surface area contributed by atoms with Gasteiger partial charge in [-0.3, -0.25) is 5.32 Å². The van der Waals surface area contributed by atoms with Gasteiger partial charge < -0.3 is 25.5 Å². The quantitative estimate of drug-likeness (QED) is 0.252. The fourth-order valence-corrected chi connectivity index (χ4v) is 0.852. The van der Waals surface area contributed by atoms with Crippen molar-refractivity contribution in [3.05, 3.63) is 0 Å². The van der Waals surface area contributed by atoms with Crippen LogP contribution in [0.1, 0.15) is 6.92 Å². The first kappa shape index (κ1) is 12.8. The van der Waals surface area contributed by atoms with Crippen LogP contribution in [0.4, 0.5) is 0 Å². The van der Waals surface area contributed by atoms with E-state index in [1.165, 1.54) is 0 Å². The Hall–Kier alpha value is -0.240. The van der Waals surface area contributed by atoms with Gasteiger partial charge in [-0.2, -0.15) is 0 Å². The monoisotopic (exact) mass is 195 g/mol. The van der Waals surface area contributed by atoms with Gasteiger partial charge in [0.2, 0.25) is 0 Å². The van der Waals surface area contributed by atoms with Gasteiger partial charge >= 0.3 is 0 Å². The fraction of sp³-hybridized carbons (Fsp3) is 1.00. The Bertz CT molecular complexity index is 134. The van der Waals surface area contributed by atoms with Crippen LogP contribution in [0.5, 0.6) is 0 Å². The molecule has 0 aliphatic rings. The van der Waals surface area contributed by atoms with Crippen molar-refractivity contribution in [1.29, 1.82) is 0 Å². The van der Waals surface area contributed by atoms with Crippen LogP contribution in [0, 0.1) is 0 Å². The average Bonchev–Trinajstić information content (AvgIpc) is 2.14. The van der Waals surface area contributed by atoms with E-state index in [9.17, 15) is 5.11 Å². The molecule has 0 amide bonds. The summed E-state index contributed by atoms with van der Waals surface area (Å²) in [7, 11) is 0. The van der Waals surface area contributed by atoms with Gasteiger partial charge in [-0.25, -0.2) is 0 Å². The minimum Gasteiger partial charge on any atom is -0.394 e. The van der Waals surface area contributed by atoms with E-state index in [-0.39, 0.29) is 0 Å². The molecular formula is C7H17NO5. The number of aliphatic hydroxyl groups is 5. The maximum Gasteiger partial charge on any atom is 0.133 e. The predicted octanol–water partition coefficient (Wildman–Crippen LogP) is -3.01. The molecule has 0 aliphatic carbocycles. The summed E-state index contributed by atoms with van der Waals surface area (Å²) in [5.74, 6) is 0. The molecule has 0 spiro atoms. The van der Waals surface area contributed by atoms with Gasteiger partial charge in [0.15, 0.2) is 0 Å². The van der Waals surface area contributed by atoms with Crippen molar-refractivity contribution in [1.82, 2.24) is 5.32 Å². The molecule has 0 heterocycles. The standard InChI is InChI=1S/C7H17NO5/c1-2-8-7(13)6(12)5(11)4(10)3-9/h4-13H,2-3H2,1H3. The van der Waals surface area contributed by atoms with E-state index in [0.29, 0.717) is 6.54 Å². The Kier molecular flexibility index (Phi) is 6.13. The molecule has 4 unspecified atom stereocenters. The van der Waals surface area contributed by atoms with Gasteiger partial charge in [-0.1, -0.05) is 6.92 Å². The summed E-state index contributed by atoms with van der Waals surface area (Å²) in [6, 6.07) is 0. The molecule has 0 aromatic rings. The maximum absolute atomic E-state index is 9.19. The summed E-state index contributed by atoms with van der Waals surface area (Å²) in [6.07, 6.45) is -5.87. The van der Waals surface area contributed by atoms with Gasteiger partial charge in [-0.05, 0) is 6.54 Å². The SMILES string of the molecule is CCNC(O)C(O)C(O)C(O)CO. The first-order chi connectivity index (χ1) is 6.04. The number of hydrogen-bond donors (Lipinski definition) is 6. The van der Waals surface area contributed by atoms with Crippen LogP contribution < -0.4 is 5.32 Å². The summed E-state index contributed by atoms with van der Waals surface area (Å²) < 4.78 is 0. The van der Waals surface area contributed by atoms with Crippen LogP contribution in [0.25, 0.3) is 0 Å². The van der Waals surface area contributed by atoms with Crippen molar-refractivity contribution in [3.63, 3.8) is 0 Å². The Morgan fingerprint density at radius 1 is 1.08 bits per heavy atom. The van der Waals surface area contributed by atoms with E-state index in [0.717, 1.165) is 0 Å². The predicted molar refractivity (Wildman–Crippen MR) is 44.8 cm³/mol. The Labute approximate surface area is 76.4 Å². The summed E-state index contributed by atoms with van der Waals surface area (Å²) in [5, 5.41) is 47.2. The highest BCUT2D eigenvalue weighted by atomic mass is 16.4. The number of rotatable bonds is 6. The maximum atomic E-state index is 9.19. The minimum atomic E-state index is -1.57. The lowest BCUT2D eigenvalue weighted by Gasteiger charge is -2.25. The first-order valence-electron chi connectivity index (χ1n) is 4.11. The molecule has 0 saturated carbocycles. The van der Waals surface area contributed by atoms with Crippen LogP contribution in [0.15, 0.2) is 0 Å². The first-order valence-corrected chi connectivity index (χ1v) is 4.11. The van der Waals surface area contributed by atoms with E-state index in [1.54, 1.807) is 6.92 Å². The van der Waals surface area contributed by atoms with E-state index in [2.05, 4.69) is 5.32 Å². The summed E-state index contributed by atoms with van der Waals surface area (Å²) in [4.78, 5) is 0. The van der Waals surface area contributed by atoms with Crippen molar-refractivity contribution >= 4 is 0 Å². The zero-order chi connectivity index (χ0) is 10.4. The highest BCUT2D eigenvalue weighted by Gasteiger charge is 2.29. The van der Waals surface area contributed by atoms with E-state index in [1.807, 2.05) is 0 Å². The Morgan fingerprint density at radius 3 is 2.00 bits per heavy atom. The van der Waals surface area contributed by atoms with Crippen LogP contribution in [-0.4, -0.2) is 63.2 Å². The highest BCUT2D eigenvalue weighted by molar-refractivity contribution is 4.78. The van der Waals surface area contributed by atoms with Crippen LogP contribution >= 0.6 is 0 Å². The van der Waals surface area contributed by atoms with Gasteiger partial charge in [0.25, 0.3) is 0 Å². The normalized spacial score (nSPS) is 20.8. The second-order valence-electron chi connectivity index (χ2n) is 2.73. The third-order valence-electron chi connectivity index (χ3n) is 1.67. The number of hydrogen-bond acceptors (Lipinski definition) is 6.